The van der Waals surface area contributed by atoms with Gasteiger partial charge in [-0.25, -0.2) is 13.8 Å². The summed E-state index contributed by atoms with van der Waals surface area (Å²) in [6.45, 7) is 0. The number of halogens is 3. The Bertz CT molecular complexity index is 831. The third kappa shape index (κ3) is 2.89. The predicted molar refractivity (Wildman–Crippen MR) is 80.5 cm³/mol. The largest absolute Gasteiger partial charge is 0.305 e. The number of aliphatic imine (C=N–C) groups is 1. The molecule has 2 aromatic carbocycles. The van der Waals surface area contributed by atoms with Crippen LogP contribution in [0.25, 0.3) is 6.08 Å². The van der Waals surface area contributed by atoms with Gasteiger partial charge in [-0.05, 0) is 42.0 Å². The van der Waals surface area contributed by atoms with Crippen LogP contribution >= 0.6 is 11.6 Å². The minimum atomic E-state index is -0.998. The maximum Gasteiger partial charge on any atom is 0.275 e. The van der Waals surface area contributed by atoms with Gasteiger partial charge in [-0.15, -0.1) is 0 Å². The molecule has 3 rings (SSSR count). The van der Waals surface area contributed by atoms with Crippen LogP contribution in [0.3, 0.4) is 0 Å². The number of amides is 1. The van der Waals surface area contributed by atoms with Gasteiger partial charge in [-0.2, -0.15) is 0 Å². The first-order valence-electron chi connectivity index (χ1n) is 6.36. The smallest absolute Gasteiger partial charge is 0.275 e. The van der Waals surface area contributed by atoms with Crippen LogP contribution in [-0.4, -0.2) is 11.7 Å². The predicted octanol–water partition coefficient (Wildman–Crippen LogP) is 3.54. The molecule has 0 saturated carbocycles. The Balaban J connectivity index is 1.96. The van der Waals surface area contributed by atoms with Gasteiger partial charge in [0.05, 0.1) is 0 Å². The number of hydrogen-bond acceptors (Lipinski definition) is 2. The van der Waals surface area contributed by atoms with E-state index in [1.807, 2.05) is 0 Å². The van der Waals surface area contributed by atoms with E-state index in [2.05, 4.69) is 10.3 Å². The Labute approximate surface area is 129 Å². The number of rotatable bonds is 2. The first kappa shape index (κ1) is 14.4. The van der Waals surface area contributed by atoms with Crippen molar-refractivity contribution in [3.8, 4) is 0 Å². The van der Waals surface area contributed by atoms with Crippen molar-refractivity contribution in [1.82, 2.24) is 5.32 Å². The zero-order chi connectivity index (χ0) is 15.7. The minimum absolute atomic E-state index is 0.169. The summed E-state index contributed by atoms with van der Waals surface area (Å²) < 4.78 is 26.2. The molecular formula is C16H9ClF2N2O. The lowest BCUT2D eigenvalue weighted by atomic mass is 10.2. The Morgan fingerprint density at radius 1 is 1.09 bits per heavy atom. The standard InChI is InChI=1S/C16H9ClF2N2O/c17-11-3-1-2-9(6-11)7-14-16(22)21-15(20-14)10-4-5-12(18)13(19)8-10/h1-8H,(H,20,21,22)/b14-7+. The maximum absolute atomic E-state index is 13.2. The molecular weight excluding hydrogens is 310 g/mol. The first-order chi connectivity index (χ1) is 10.5. The summed E-state index contributed by atoms with van der Waals surface area (Å²) in [4.78, 5) is 16.0. The van der Waals surface area contributed by atoms with Crippen LogP contribution in [-0.2, 0) is 4.79 Å². The van der Waals surface area contributed by atoms with Crippen LogP contribution in [0.1, 0.15) is 11.1 Å². The lowest BCUT2D eigenvalue weighted by Gasteiger charge is -2.00. The van der Waals surface area contributed by atoms with Crippen molar-refractivity contribution in [3.63, 3.8) is 0 Å². The fourth-order valence-electron chi connectivity index (χ4n) is 2.00. The van der Waals surface area contributed by atoms with Gasteiger partial charge in [0.25, 0.3) is 5.91 Å². The highest BCUT2D eigenvalue weighted by Gasteiger charge is 2.21. The third-order valence-corrected chi connectivity index (χ3v) is 3.28. The number of hydrogen-bond donors (Lipinski definition) is 1. The quantitative estimate of drug-likeness (QED) is 0.846. The van der Waals surface area contributed by atoms with Crippen molar-refractivity contribution in [2.24, 2.45) is 4.99 Å². The van der Waals surface area contributed by atoms with E-state index in [9.17, 15) is 13.6 Å². The van der Waals surface area contributed by atoms with E-state index >= 15 is 0 Å². The van der Waals surface area contributed by atoms with Crippen molar-refractivity contribution in [2.45, 2.75) is 0 Å². The highest BCUT2D eigenvalue weighted by Crippen LogP contribution is 2.18. The molecule has 1 aliphatic heterocycles. The second-order valence-corrected chi connectivity index (χ2v) is 5.06. The van der Waals surface area contributed by atoms with Gasteiger partial charge in [-0.3, -0.25) is 4.79 Å². The molecule has 0 spiro atoms. The van der Waals surface area contributed by atoms with E-state index in [1.165, 1.54) is 6.07 Å². The zero-order valence-electron chi connectivity index (χ0n) is 11.1. The lowest BCUT2D eigenvalue weighted by Crippen LogP contribution is -2.24. The number of nitrogens with zero attached hydrogens (tertiary/aromatic N) is 1. The van der Waals surface area contributed by atoms with Crippen LogP contribution in [0, 0.1) is 11.6 Å². The summed E-state index contributed by atoms with van der Waals surface area (Å²) in [6.07, 6.45) is 1.56. The summed E-state index contributed by atoms with van der Waals surface area (Å²) in [5, 5.41) is 3.06. The van der Waals surface area contributed by atoms with Crippen LogP contribution in [0.15, 0.2) is 53.2 Å². The molecule has 1 heterocycles. The number of nitrogens with one attached hydrogen (secondary N) is 1. The Hall–Kier alpha value is -2.53. The molecule has 0 aromatic heterocycles. The molecule has 0 unspecified atom stereocenters. The fraction of sp³-hybridized carbons (Fsp3) is 0. The Morgan fingerprint density at radius 3 is 2.64 bits per heavy atom. The van der Waals surface area contributed by atoms with E-state index in [0.717, 1.165) is 12.1 Å². The average molecular weight is 319 g/mol. The molecule has 1 amide bonds. The molecule has 0 saturated heterocycles. The van der Waals surface area contributed by atoms with E-state index < -0.39 is 17.5 Å². The normalized spacial score (nSPS) is 15.9. The van der Waals surface area contributed by atoms with Gasteiger partial charge in [0.2, 0.25) is 0 Å². The fourth-order valence-corrected chi connectivity index (χ4v) is 2.20. The SMILES string of the molecule is O=C1NC(c2ccc(F)c(F)c2)=N/C1=C/c1cccc(Cl)c1. The number of carbonyl (C=O) groups is 1. The second kappa shape index (κ2) is 5.69. The van der Waals surface area contributed by atoms with E-state index in [4.69, 9.17) is 11.6 Å². The van der Waals surface area contributed by atoms with Crippen LogP contribution < -0.4 is 5.32 Å². The molecule has 6 heteroatoms. The van der Waals surface area contributed by atoms with Crippen LogP contribution in [0.4, 0.5) is 8.78 Å². The Kier molecular flexibility index (Phi) is 3.73. The highest BCUT2D eigenvalue weighted by molar-refractivity contribution is 6.30. The van der Waals surface area contributed by atoms with Gasteiger partial charge < -0.3 is 5.32 Å². The van der Waals surface area contributed by atoms with Crippen molar-refractivity contribution < 1.29 is 13.6 Å². The van der Waals surface area contributed by atoms with Gasteiger partial charge in [0.1, 0.15) is 11.5 Å². The summed E-state index contributed by atoms with van der Waals surface area (Å²) in [6, 6.07) is 10.2. The molecule has 3 nitrogen and oxygen atoms in total. The number of amidine groups is 1. The topological polar surface area (TPSA) is 41.5 Å². The summed E-state index contributed by atoms with van der Waals surface area (Å²) >= 11 is 5.88. The third-order valence-electron chi connectivity index (χ3n) is 3.04. The van der Waals surface area contributed by atoms with Crippen LogP contribution in [0.5, 0.6) is 0 Å². The molecule has 22 heavy (non-hydrogen) atoms. The molecule has 0 atom stereocenters. The van der Waals surface area contributed by atoms with Crippen molar-refractivity contribution in [1.29, 1.82) is 0 Å². The summed E-state index contributed by atoms with van der Waals surface area (Å²) in [5.74, 6) is -2.19. The summed E-state index contributed by atoms with van der Waals surface area (Å²) in [7, 11) is 0. The van der Waals surface area contributed by atoms with Crippen molar-refractivity contribution in [3.05, 3.63) is 75.9 Å². The molecule has 0 fully saturated rings. The molecule has 1 aliphatic rings. The van der Waals surface area contributed by atoms with Gasteiger partial charge in [-0.1, -0.05) is 23.7 Å². The molecule has 0 bridgehead atoms. The van der Waals surface area contributed by atoms with Crippen molar-refractivity contribution >= 4 is 29.4 Å². The summed E-state index contributed by atoms with van der Waals surface area (Å²) in [5.41, 5.74) is 1.18. The van der Waals surface area contributed by atoms with Gasteiger partial charge in [0, 0.05) is 10.6 Å². The molecule has 0 radical (unpaired) electrons. The number of carbonyl (C=O) groups excluding carboxylic acids is 1. The number of benzene rings is 2. The zero-order valence-corrected chi connectivity index (χ0v) is 11.9. The van der Waals surface area contributed by atoms with E-state index in [1.54, 1.807) is 30.3 Å². The van der Waals surface area contributed by atoms with E-state index in [0.29, 0.717) is 16.1 Å². The molecule has 0 aliphatic carbocycles. The highest BCUT2D eigenvalue weighted by atomic mass is 35.5. The van der Waals surface area contributed by atoms with Gasteiger partial charge >= 0.3 is 0 Å². The van der Waals surface area contributed by atoms with Crippen molar-refractivity contribution in [2.75, 3.05) is 0 Å². The van der Waals surface area contributed by atoms with Gasteiger partial charge in [0.15, 0.2) is 11.6 Å². The van der Waals surface area contributed by atoms with Crippen LogP contribution in [0.2, 0.25) is 5.02 Å². The second-order valence-electron chi connectivity index (χ2n) is 4.63. The monoisotopic (exact) mass is 318 g/mol. The maximum atomic E-state index is 13.2. The average Bonchev–Trinajstić information content (AvgIpc) is 2.83. The Morgan fingerprint density at radius 2 is 1.91 bits per heavy atom. The first-order valence-corrected chi connectivity index (χ1v) is 6.73. The minimum Gasteiger partial charge on any atom is -0.305 e. The lowest BCUT2D eigenvalue weighted by molar-refractivity contribution is -0.115. The molecule has 1 N–H and O–H groups in total. The molecule has 2 aromatic rings. The van der Waals surface area contributed by atoms with E-state index in [-0.39, 0.29) is 11.5 Å². The molecule has 110 valence electrons.